The van der Waals surface area contributed by atoms with Crippen LogP contribution in [0.25, 0.3) is 33.3 Å². The molecule has 1 aliphatic rings. The van der Waals surface area contributed by atoms with Crippen molar-refractivity contribution in [3.05, 3.63) is 119 Å². The van der Waals surface area contributed by atoms with Crippen molar-refractivity contribution >= 4 is 21.8 Å². The number of benzene rings is 3. The van der Waals surface area contributed by atoms with Crippen LogP contribution >= 0.6 is 0 Å². The number of ether oxygens (including phenoxy) is 1. The molecule has 0 bridgehead atoms. The van der Waals surface area contributed by atoms with E-state index in [1.54, 1.807) is 0 Å². The second-order valence-corrected chi connectivity index (χ2v) is 16.4. The zero-order chi connectivity index (χ0) is 36.8. The van der Waals surface area contributed by atoms with Crippen LogP contribution in [0.2, 0.25) is 0 Å². The van der Waals surface area contributed by atoms with Crippen molar-refractivity contribution in [3.63, 3.8) is 0 Å². The molecule has 6 aromatic rings. The Bertz CT molecular complexity index is 2270. The van der Waals surface area contributed by atoms with Crippen LogP contribution in [0.1, 0.15) is 121 Å². The Morgan fingerprint density at radius 2 is 1.64 bits per heavy atom. The minimum atomic E-state index is 0. The molecule has 3 aromatic carbocycles. The summed E-state index contributed by atoms with van der Waals surface area (Å²) in [6.07, 6.45) is 7.59. The van der Waals surface area contributed by atoms with E-state index in [0.29, 0.717) is 41.1 Å². The van der Waals surface area contributed by atoms with Crippen LogP contribution in [-0.2, 0) is 27.5 Å². The van der Waals surface area contributed by atoms with Gasteiger partial charge in [-0.25, -0.2) is 4.98 Å². The number of aryl methyl sites for hydroxylation is 2. The molecule has 3 atom stereocenters. The van der Waals surface area contributed by atoms with E-state index in [1.165, 1.54) is 34.5 Å². The summed E-state index contributed by atoms with van der Waals surface area (Å²) < 4.78 is 11.2. The Kier molecular flexibility index (Phi) is 11.6. The number of aromatic nitrogens is 4. The van der Waals surface area contributed by atoms with E-state index in [-0.39, 0.29) is 27.0 Å². The largest absolute Gasteiger partial charge is 2.00 e. The molecule has 1 unspecified atom stereocenters. The van der Waals surface area contributed by atoms with Gasteiger partial charge in [0.25, 0.3) is 0 Å². The Balaban J connectivity index is 0.00000481. The minimum absolute atomic E-state index is 0. The molecule has 0 amide bonds. The molecule has 6 heteroatoms. The zero-order valence-corrected chi connectivity index (χ0v) is 35.3. The van der Waals surface area contributed by atoms with E-state index in [1.807, 2.05) is 18.3 Å². The Morgan fingerprint density at radius 3 is 2.34 bits per heavy atom. The second-order valence-electron chi connectivity index (χ2n) is 16.4. The van der Waals surface area contributed by atoms with E-state index in [0.717, 1.165) is 51.7 Å². The van der Waals surface area contributed by atoms with Crippen molar-refractivity contribution < 1.29 is 25.8 Å². The predicted molar refractivity (Wildman–Crippen MR) is 215 cm³/mol. The molecule has 0 fully saturated rings. The first kappa shape index (κ1) is 38.8. The average Bonchev–Trinajstić information content (AvgIpc) is 3.64. The van der Waals surface area contributed by atoms with Crippen LogP contribution in [-0.4, -0.2) is 19.3 Å². The molecule has 0 saturated carbocycles. The third-order valence-corrected chi connectivity index (χ3v) is 10.8. The summed E-state index contributed by atoms with van der Waals surface area (Å²) in [5.74, 6) is 4.85. The second kappa shape index (κ2) is 15.8. The average molecular weight is 886 g/mol. The third-order valence-electron chi connectivity index (χ3n) is 10.8. The summed E-state index contributed by atoms with van der Waals surface area (Å²) in [5, 5.41) is 7.73. The van der Waals surface area contributed by atoms with Gasteiger partial charge < -0.3 is 9.30 Å². The minimum Gasteiger partial charge on any atom is -0.509 e. The maximum atomic E-state index is 6.76. The fourth-order valence-electron chi connectivity index (χ4n) is 8.53. The van der Waals surface area contributed by atoms with Crippen molar-refractivity contribution in [1.29, 1.82) is 0 Å². The smallest absolute Gasteiger partial charge is 0.509 e. The van der Waals surface area contributed by atoms with Gasteiger partial charge >= 0.3 is 21.1 Å². The molecule has 3 heterocycles. The van der Waals surface area contributed by atoms with Gasteiger partial charge in [-0.3, -0.25) is 4.68 Å². The number of pyridine rings is 1. The number of hydrogen-bond acceptors (Lipinski definition) is 3. The number of para-hydroxylation sites is 1. The third kappa shape index (κ3) is 7.70. The molecule has 5 nitrogen and oxygen atoms in total. The van der Waals surface area contributed by atoms with Gasteiger partial charge in [0, 0.05) is 40.4 Å². The molecule has 1 aliphatic carbocycles. The SMILES string of the molecule is CC1=C[C@H](C)C[C@H](C)C1c1c(C(C)C)nn(-c2[c-]c(Oc3[c-]c4c(cc3)c3ccccc3n4-c3cc(C)ccn3)cc(CCC(C)C)c2)c1C(C)C.[Pt+2]. The van der Waals surface area contributed by atoms with Gasteiger partial charge in [-0.1, -0.05) is 97.2 Å². The number of rotatable bonds is 10. The fraction of sp³-hybridized carbons (Fsp3) is 0.404. The summed E-state index contributed by atoms with van der Waals surface area (Å²) in [6.45, 7) is 23.0. The number of allylic oxidation sites excluding steroid dienone is 2. The molecule has 0 saturated heterocycles. The summed E-state index contributed by atoms with van der Waals surface area (Å²) in [6, 6.07) is 28.6. The molecule has 0 aliphatic heterocycles. The normalized spacial score (nSPS) is 17.6. The maximum absolute atomic E-state index is 6.76. The van der Waals surface area contributed by atoms with Crippen LogP contribution in [0.15, 0.2) is 78.5 Å². The van der Waals surface area contributed by atoms with Crippen LogP contribution < -0.4 is 4.74 Å². The van der Waals surface area contributed by atoms with Crippen molar-refractivity contribution in [1.82, 2.24) is 19.3 Å². The summed E-state index contributed by atoms with van der Waals surface area (Å²) in [7, 11) is 0. The standard InChI is InChI=1S/C47H54N4O.Pt/c1-28(2)15-16-35-24-36(51-47(30(5)6)45(46(49-51)29(3)4)44-33(9)21-32(8)22-34(44)10)26-38(25-35)52-37-17-18-40-39-13-11-12-14-41(39)50(42(40)27-37)43-23-31(7)19-20-48-43;/h11-14,17-21,23-25,28-30,32,34,44H,15-16,22H2,1-10H3;/q-2;+2/t32-,34-,44?;/m0./s1. The first-order chi connectivity index (χ1) is 24.9. The summed E-state index contributed by atoms with van der Waals surface area (Å²) in [5.41, 5.74) is 10.7. The van der Waals surface area contributed by atoms with Crippen LogP contribution in [0.5, 0.6) is 11.5 Å². The van der Waals surface area contributed by atoms with Crippen LogP contribution in [0, 0.1) is 36.8 Å². The van der Waals surface area contributed by atoms with Gasteiger partial charge in [0.2, 0.25) is 0 Å². The van der Waals surface area contributed by atoms with E-state index >= 15 is 0 Å². The molecule has 7 rings (SSSR count). The number of fused-ring (bicyclic) bond motifs is 3. The first-order valence-electron chi connectivity index (χ1n) is 19.3. The maximum Gasteiger partial charge on any atom is 2.00 e. The van der Waals surface area contributed by atoms with Crippen molar-refractivity contribution in [2.75, 3.05) is 0 Å². The summed E-state index contributed by atoms with van der Waals surface area (Å²) >= 11 is 0. The Hall–Kier alpha value is -3.95. The zero-order valence-electron chi connectivity index (χ0n) is 33.0. The summed E-state index contributed by atoms with van der Waals surface area (Å²) in [4.78, 5) is 4.76. The van der Waals surface area contributed by atoms with Gasteiger partial charge in [-0.15, -0.1) is 35.7 Å². The van der Waals surface area contributed by atoms with Crippen LogP contribution in [0.3, 0.4) is 0 Å². The molecule has 53 heavy (non-hydrogen) atoms. The van der Waals surface area contributed by atoms with Gasteiger partial charge in [0.15, 0.2) is 0 Å². The van der Waals surface area contributed by atoms with Crippen molar-refractivity contribution in [3.8, 4) is 23.0 Å². The Labute approximate surface area is 331 Å². The van der Waals surface area contributed by atoms with Gasteiger partial charge in [-0.2, -0.15) is 16.7 Å². The monoisotopic (exact) mass is 885 g/mol. The van der Waals surface area contributed by atoms with Gasteiger partial charge in [0.05, 0.1) is 5.69 Å². The van der Waals surface area contributed by atoms with Crippen molar-refractivity contribution in [2.45, 2.75) is 106 Å². The first-order valence-corrected chi connectivity index (χ1v) is 19.3. The van der Waals surface area contributed by atoms with E-state index in [4.69, 9.17) is 14.8 Å². The topological polar surface area (TPSA) is 44.9 Å². The van der Waals surface area contributed by atoms with E-state index in [2.05, 4.69) is 145 Å². The molecular formula is C47H54N4OPt. The van der Waals surface area contributed by atoms with Gasteiger partial charge in [-0.05, 0) is 91.1 Å². The van der Waals surface area contributed by atoms with Crippen molar-refractivity contribution in [2.24, 2.45) is 17.8 Å². The van der Waals surface area contributed by atoms with E-state index in [9.17, 15) is 0 Å². The fourth-order valence-corrected chi connectivity index (χ4v) is 8.53. The molecule has 3 aromatic heterocycles. The molecule has 0 spiro atoms. The Morgan fingerprint density at radius 1 is 0.868 bits per heavy atom. The van der Waals surface area contributed by atoms with E-state index < -0.39 is 0 Å². The van der Waals surface area contributed by atoms with Gasteiger partial charge in [0.1, 0.15) is 5.82 Å². The number of nitrogens with zero attached hydrogens (tertiary/aromatic N) is 4. The quantitative estimate of drug-likeness (QED) is 0.102. The predicted octanol–water partition coefficient (Wildman–Crippen LogP) is 12.6. The van der Waals surface area contributed by atoms with Crippen LogP contribution in [0.4, 0.5) is 0 Å². The number of hydrogen-bond donors (Lipinski definition) is 0. The molecular weight excluding hydrogens is 832 g/mol. The molecule has 278 valence electrons. The molecule has 0 N–H and O–H groups in total. The molecule has 0 radical (unpaired) electrons.